The van der Waals surface area contributed by atoms with Gasteiger partial charge in [-0.1, -0.05) is 13.3 Å². The zero-order valence-electron chi connectivity index (χ0n) is 21.5. The van der Waals surface area contributed by atoms with Gasteiger partial charge in [-0.15, -0.1) is 0 Å². The molecule has 0 spiro atoms. The molecule has 0 fully saturated rings. The molecule has 3 N–H and O–H groups in total. The maximum Gasteiger partial charge on any atom is 0.224 e. The summed E-state index contributed by atoms with van der Waals surface area (Å²) in [5, 5.41) is 11.3. The third-order valence-electron chi connectivity index (χ3n) is 6.09. The average Bonchev–Trinajstić information content (AvgIpc) is 3.55. The van der Waals surface area contributed by atoms with Crippen molar-refractivity contribution in [2.75, 3.05) is 17.3 Å². The molecule has 0 aliphatic rings. The fourth-order valence-corrected chi connectivity index (χ4v) is 4.14. The van der Waals surface area contributed by atoms with Crippen LogP contribution in [0.5, 0.6) is 0 Å². The van der Waals surface area contributed by atoms with Gasteiger partial charge in [0.1, 0.15) is 11.2 Å². The number of carbonyl (C=O) groups is 1. The lowest BCUT2D eigenvalue weighted by Gasteiger charge is -2.13. The van der Waals surface area contributed by atoms with Crippen LogP contribution in [0, 0.1) is 0 Å². The molecule has 1 amide bonds. The van der Waals surface area contributed by atoms with Crippen molar-refractivity contribution in [2.45, 2.75) is 33.1 Å². The lowest BCUT2D eigenvalue weighted by Crippen LogP contribution is -2.11. The van der Waals surface area contributed by atoms with Crippen LogP contribution in [0.2, 0.25) is 0 Å². The van der Waals surface area contributed by atoms with Gasteiger partial charge in [0, 0.05) is 43.0 Å². The van der Waals surface area contributed by atoms with E-state index in [0.717, 1.165) is 40.5 Å². The first-order chi connectivity index (χ1) is 18.5. The average molecular weight is 509 g/mol. The second-order valence-electron chi connectivity index (χ2n) is 8.96. The van der Waals surface area contributed by atoms with Gasteiger partial charge in [0.05, 0.1) is 40.5 Å². The SMILES string of the molecule is C=N/C(C)=C\N(C)c1nccc2[nH]c(-c3n[nH]c4cnc(-c5cncc(NC(=O)CCCC)c5)cc34)nc12. The fourth-order valence-electron chi connectivity index (χ4n) is 4.14. The Morgan fingerprint density at radius 1 is 1.21 bits per heavy atom. The number of nitrogens with one attached hydrogen (secondary N) is 3. The Hall–Kier alpha value is -4.93. The minimum Gasteiger partial charge on any atom is -0.336 e. The van der Waals surface area contributed by atoms with Gasteiger partial charge in [0.25, 0.3) is 0 Å². The number of rotatable bonds is 9. The summed E-state index contributed by atoms with van der Waals surface area (Å²) in [5.74, 6) is 1.25. The van der Waals surface area contributed by atoms with Crippen LogP contribution in [-0.2, 0) is 4.79 Å². The Bertz CT molecular complexity index is 1670. The Morgan fingerprint density at radius 2 is 2.08 bits per heavy atom. The number of aromatic nitrogens is 7. The zero-order chi connectivity index (χ0) is 26.6. The molecule has 38 heavy (non-hydrogen) atoms. The quantitative estimate of drug-likeness (QED) is 0.236. The molecular weight excluding hydrogens is 480 g/mol. The minimum absolute atomic E-state index is 0.0258. The van der Waals surface area contributed by atoms with E-state index in [9.17, 15) is 4.79 Å². The van der Waals surface area contributed by atoms with Crippen molar-refractivity contribution in [1.29, 1.82) is 0 Å². The monoisotopic (exact) mass is 508 g/mol. The Morgan fingerprint density at radius 3 is 2.89 bits per heavy atom. The van der Waals surface area contributed by atoms with Gasteiger partial charge in [-0.2, -0.15) is 5.10 Å². The predicted molar refractivity (Wildman–Crippen MR) is 150 cm³/mol. The van der Waals surface area contributed by atoms with E-state index in [1.165, 1.54) is 0 Å². The van der Waals surface area contributed by atoms with Gasteiger partial charge < -0.3 is 15.2 Å². The van der Waals surface area contributed by atoms with E-state index in [1.807, 2.05) is 43.3 Å². The molecule has 11 heteroatoms. The molecule has 0 aromatic carbocycles. The summed E-state index contributed by atoms with van der Waals surface area (Å²) >= 11 is 0. The predicted octanol–water partition coefficient (Wildman–Crippen LogP) is 5.09. The Kier molecular flexibility index (Phi) is 6.90. The lowest BCUT2D eigenvalue weighted by atomic mass is 10.1. The summed E-state index contributed by atoms with van der Waals surface area (Å²) in [7, 11) is 1.89. The number of fused-ring (bicyclic) bond motifs is 2. The van der Waals surface area contributed by atoms with Crippen LogP contribution in [0.25, 0.3) is 44.7 Å². The molecule has 0 saturated carbocycles. The van der Waals surface area contributed by atoms with Crippen LogP contribution < -0.4 is 10.2 Å². The van der Waals surface area contributed by atoms with E-state index in [2.05, 4.69) is 54.1 Å². The largest absolute Gasteiger partial charge is 0.336 e. The molecule has 5 aromatic heterocycles. The number of hydrogen-bond donors (Lipinski definition) is 3. The van der Waals surface area contributed by atoms with Crippen LogP contribution in [-0.4, -0.2) is 54.8 Å². The third kappa shape index (κ3) is 4.99. The minimum atomic E-state index is -0.0258. The first kappa shape index (κ1) is 24.8. The number of carbonyl (C=O) groups excluding carboxylic acids is 1. The number of nitrogens with zero attached hydrogens (tertiary/aromatic N) is 7. The molecule has 5 aromatic rings. The molecule has 0 bridgehead atoms. The first-order valence-corrected chi connectivity index (χ1v) is 12.3. The number of allylic oxidation sites excluding steroid dienone is 1. The summed E-state index contributed by atoms with van der Waals surface area (Å²) < 4.78 is 0. The number of anilines is 2. The number of aromatic amines is 2. The van der Waals surface area contributed by atoms with Crippen molar-refractivity contribution in [3.05, 3.63) is 54.9 Å². The second-order valence-corrected chi connectivity index (χ2v) is 8.96. The van der Waals surface area contributed by atoms with Crippen molar-refractivity contribution in [3.8, 4) is 22.8 Å². The van der Waals surface area contributed by atoms with Crippen molar-refractivity contribution in [2.24, 2.45) is 4.99 Å². The maximum atomic E-state index is 12.2. The number of pyridine rings is 3. The normalized spacial score (nSPS) is 11.7. The standard InChI is InChI=1S/C27H28N10O/c1-5-6-7-23(38)32-18-10-17(12-29-13-18)21-11-19-22(14-31-21)35-36-24(19)26-33-20-8-9-30-27(25(20)34-26)37(4)15-16(2)28-3/h8-15H,3,5-7H2,1-2,4H3,(H,32,38)(H,33,34)(H,35,36)/b16-15-. The molecule has 0 atom stereocenters. The highest BCUT2D eigenvalue weighted by Crippen LogP contribution is 2.31. The van der Waals surface area contributed by atoms with E-state index in [0.29, 0.717) is 40.7 Å². The van der Waals surface area contributed by atoms with Gasteiger partial charge in [0.2, 0.25) is 5.91 Å². The molecule has 192 valence electrons. The number of hydrogen-bond acceptors (Lipinski definition) is 8. The smallest absolute Gasteiger partial charge is 0.224 e. The number of unbranched alkanes of at least 4 members (excludes halogenated alkanes) is 1. The van der Waals surface area contributed by atoms with Gasteiger partial charge in [-0.3, -0.25) is 24.9 Å². The highest BCUT2D eigenvalue weighted by molar-refractivity contribution is 5.96. The van der Waals surface area contributed by atoms with Gasteiger partial charge in [-0.25, -0.2) is 9.97 Å². The van der Waals surface area contributed by atoms with Crippen LogP contribution in [0.15, 0.2) is 59.9 Å². The molecule has 11 nitrogen and oxygen atoms in total. The summed E-state index contributed by atoms with van der Waals surface area (Å²) in [4.78, 5) is 39.6. The number of imidazole rings is 1. The molecule has 0 unspecified atom stereocenters. The van der Waals surface area contributed by atoms with E-state index in [-0.39, 0.29) is 5.91 Å². The van der Waals surface area contributed by atoms with Gasteiger partial charge >= 0.3 is 0 Å². The number of aliphatic imine (C=N–C) groups is 1. The number of H-pyrrole nitrogens is 2. The second kappa shape index (κ2) is 10.6. The van der Waals surface area contributed by atoms with E-state index in [4.69, 9.17) is 4.98 Å². The molecule has 0 radical (unpaired) electrons. The molecule has 0 saturated heterocycles. The van der Waals surface area contributed by atoms with Crippen LogP contribution >= 0.6 is 0 Å². The highest BCUT2D eigenvalue weighted by atomic mass is 16.1. The topological polar surface area (TPSA) is 141 Å². The molecule has 0 aliphatic heterocycles. The van der Waals surface area contributed by atoms with Crippen molar-refractivity contribution >= 4 is 46.1 Å². The Labute approximate surface area is 219 Å². The summed E-state index contributed by atoms with van der Waals surface area (Å²) in [6, 6.07) is 5.68. The third-order valence-corrected chi connectivity index (χ3v) is 6.09. The van der Waals surface area contributed by atoms with Crippen LogP contribution in [0.4, 0.5) is 11.5 Å². The summed E-state index contributed by atoms with van der Waals surface area (Å²) in [6.07, 6.45) is 10.9. The fraction of sp³-hybridized carbons (Fsp3) is 0.222. The molecule has 5 rings (SSSR count). The number of amides is 1. The van der Waals surface area contributed by atoms with E-state index >= 15 is 0 Å². The van der Waals surface area contributed by atoms with Gasteiger partial charge in [-0.05, 0) is 38.3 Å². The molecule has 0 aliphatic carbocycles. The van der Waals surface area contributed by atoms with Crippen LogP contribution in [0.1, 0.15) is 33.1 Å². The van der Waals surface area contributed by atoms with Crippen molar-refractivity contribution in [3.63, 3.8) is 0 Å². The zero-order valence-corrected chi connectivity index (χ0v) is 21.5. The van der Waals surface area contributed by atoms with Crippen molar-refractivity contribution in [1.82, 2.24) is 35.1 Å². The van der Waals surface area contributed by atoms with Crippen molar-refractivity contribution < 1.29 is 4.79 Å². The van der Waals surface area contributed by atoms with E-state index in [1.54, 1.807) is 24.8 Å². The van der Waals surface area contributed by atoms with Gasteiger partial charge in [0.15, 0.2) is 11.6 Å². The molecule has 5 heterocycles. The van der Waals surface area contributed by atoms with E-state index < -0.39 is 0 Å². The maximum absolute atomic E-state index is 12.2. The first-order valence-electron chi connectivity index (χ1n) is 12.3. The lowest BCUT2D eigenvalue weighted by molar-refractivity contribution is -0.116. The summed E-state index contributed by atoms with van der Waals surface area (Å²) in [5.41, 5.74) is 5.85. The highest BCUT2D eigenvalue weighted by Gasteiger charge is 2.17. The molecular formula is C27H28N10O. The van der Waals surface area contributed by atoms with Crippen LogP contribution in [0.3, 0.4) is 0 Å². The Balaban J connectivity index is 1.50. The summed E-state index contributed by atoms with van der Waals surface area (Å²) in [6.45, 7) is 7.49.